The van der Waals surface area contributed by atoms with Crippen LogP contribution < -0.4 is 4.74 Å². The van der Waals surface area contributed by atoms with Crippen molar-refractivity contribution < 1.29 is 9.47 Å². The molecule has 1 rings (SSSR count). The van der Waals surface area contributed by atoms with Crippen LogP contribution in [0.3, 0.4) is 0 Å². The van der Waals surface area contributed by atoms with Gasteiger partial charge in [-0.25, -0.2) is 0 Å². The number of ether oxygens (including phenoxy) is 2. The number of hydrogen-bond acceptors (Lipinski definition) is 3. The molecule has 1 aromatic rings. The van der Waals surface area contributed by atoms with Crippen LogP contribution in [0, 0.1) is 5.92 Å². The zero-order valence-corrected chi connectivity index (χ0v) is 11.7. The molecule has 0 fully saturated rings. The van der Waals surface area contributed by atoms with Crippen LogP contribution in [0.2, 0.25) is 0 Å². The van der Waals surface area contributed by atoms with Crippen molar-refractivity contribution in [2.24, 2.45) is 5.92 Å². The van der Waals surface area contributed by atoms with Gasteiger partial charge < -0.3 is 9.47 Å². The minimum atomic E-state index is 0.229. The van der Waals surface area contributed by atoms with Crippen molar-refractivity contribution in [2.75, 3.05) is 14.2 Å². The van der Waals surface area contributed by atoms with Crippen LogP contribution >= 0.6 is 12.2 Å². The van der Waals surface area contributed by atoms with E-state index in [9.17, 15) is 0 Å². The number of methoxy groups -OCH3 is 2. The van der Waals surface area contributed by atoms with E-state index < -0.39 is 0 Å². The van der Waals surface area contributed by atoms with Crippen LogP contribution in [-0.4, -0.2) is 19.3 Å². The van der Waals surface area contributed by atoms with Gasteiger partial charge in [-0.3, -0.25) is 0 Å². The number of benzene rings is 1. The monoisotopic (exact) mass is 252 g/mol. The van der Waals surface area contributed by atoms with E-state index in [0.29, 0.717) is 11.0 Å². The molecule has 0 amide bonds. The largest absolute Gasteiger partial charge is 0.497 e. The van der Waals surface area contributed by atoms with Gasteiger partial charge in [-0.15, -0.1) is 0 Å². The summed E-state index contributed by atoms with van der Waals surface area (Å²) in [6.07, 6.45) is 1.03. The molecule has 0 aliphatic heterocycles. The lowest BCUT2D eigenvalue weighted by atomic mass is 9.85. The topological polar surface area (TPSA) is 18.5 Å². The van der Waals surface area contributed by atoms with Gasteiger partial charge in [0.2, 0.25) is 0 Å². The number of thiocarbonyl (C=S) groups is 1. The van der Waals surface area contributed by atoms with Crippen molar-refractivity contribution in [3.05, 3.63) is 29.8 Å². The summed E-state index contributed by atoms with van der Waals surface area (Å²) in [5, 5.41) is 0.666. The predicted octanol–water partition coefficient (Wildman–Crippen LogP) is 3.80. The van der Waals surface area contributed by atoms with Gasteiger partial charge in [-0.1, -0.05) is 26.0 Å². The fourth-order valence-corrected chi connectivity index (χ4v) is 2.26. The third-order valence-electron chi connectivity index (χ3n) is 3.14. The highest BCUT2D eigenvalue weighted by Gasteiger charge is 2.22. The first-order valence-electron chi connectivity index (χ1n) is 5.85. The molecule has 0 saturated heterocycles. The summed E-state index contributed by atoms with van der Waals surface area (Å²) in [5.41, 5.74) is 1.25. The fraction of sp³-hybridized carbons (Fsp3) is 0.500. The standard InChI is InChI=1S/C14H20O2S/c1-5-13(10(2)14(17)16-4)11-7-6-8-12(9-11)15-3/h6-10,13H,5H2,1-4H3. The lowest BCUT2D eigenvalue weighted by molar-refractivity contribution is 0.364. The van der Waals surface area contributed by atoms with Crippen LogP contribution in [0.5, 0.6) is 5.75 Å². The molecule has 0 radical (unpaired) electrons. The van der Waals surface area contributed by atoms with E-state index in [1.54, 1.807) is 14.2 Å². The molecule has 3 heteroatoms. The van der Waals surface area contributed by atoms with Crippen molar-refractivity contribution in [1.82, 2.24) is 0 Å². The molecule has 1 aromatic carbocycles. The highest BCUT2D eigenvalue weighted by atomic mass is 32.1. The van der Waals surface area contributed by atoms with Crippen molar-refractivity contribution in [3.8, 4) is 5.75 Å². The van der Waals surface area contributed by atoms with Gasteiger partial charge in [-0.2, -0.15) is 0 Å². The molecule has 2 nitrogen and oxygen atoms in total. The Hall–Kier alpha value is -1.09. The minimum absolute atomic E-state index is 0.229. The molecule has 0 aromatic heterocycles. The highest BCUT2D eigenvalue weighted by molar-refractivity contribution is 7.80. The van der Waals surface area contributed by atoms with E-state index in [1.807, 2.05) is 12.1 Å². The molecule has 2 unspecified atom stereocenters. The molecule has 94 valence electrons. The Morgan fingerprint density at radius 1 is 1.35 bits per heavy atom. The van der Waals surface area contributed by atoms with Crippen molar-refractivity contribution in [2.45, 2.75) is 26.2 Å². The summed E-state index contributed by atoms with van der Waals surface area (Å²) in [5.74, 6) is 1.49. The average molecular weight is 252 g/mol. The second-order valence-corrected chi connectivity index (χ2v) is 4.51. The minimum Gasteiger partial charge on any atom is -0.497 e. The van der Waals surface area contributed by atoms with Crippen LogP contribution in [0.25, 0.3) is 0 Å². The summed E-state index contributed by atoms with van der Waals surface area (Å²) in [4.78, 5) is 0. The van der Waals surface area contributed by atoms with Gasteiger partial charge in [0.1, 0.15) is 5.75 Å². The maximum absolute atomic E-state index is 5.25. The van der Waals surface area contributed by atoms with Crippen molar-refractivity contribution in [3.63, 3.8) is 0 Å². The normalized spacial score (nSPS) is 13.9. The van der Waals surface area contributed by atoms with Crippen LogP contribution in [0.15, 0.2) is 24.3 Å². The summed E-state index contributed by atoms with van der Waals surface area (Å²) < 4.78 is 10.4. The first-order valence-corrected chi connectivity index (χ1v) is 6.26. The Bertz CT molecular complexity index is 376. The zero-order chi connectivity index (χ0) is 12.8. The summed E-state index contributed by atoms with van der Waals surface area (Å²) in [6, 6.07) is 8.16. The Morgan fingerprint density at radius 3 is 2.59 bits per heavy atom. The summed E-state index contributed by atoms with van der Waals surface area (Å²) >= 11 is 5.23. The maximum Gasteiger partial charge on any atom is 0.162 e. The Balaban J connectivity index is 2.96. The fourth-order valence-electron chi connectivity index (χ4n) is 2.10. The first-order chi connectivity index (χ1) is 8.13. The second kappa shape index (κ2) is 6.60. The molecular formula is C14H20O2S. The van der Waals surface area contributed by atoms with Gasteiger partial charge in [0.15, 0.2) is 5.05 Å². The van der Waals surface area contributed by atoms with Gasteiger partial charge >= 0.3 is 0 Å². The van der Waals surface area contributed by atoms with E-state index in [-0.39, 0.29) is 5.92 Å². The van der Waals surface area contributed by atoms with Gasteiger partial charge in [0.25, 0.3) is 0 Å². The SMILES string of the molecule is CCC(c1cccc(OC)c1)C(C)C(=S)OC. The lowest BCUT2D eigenvalue weighted by Gasteiger charge is -2.23. The molecule has 0 aliphatic carbocycles. The lowest BCUT2D eigenvalue weighted by Crippen LogP contribution is -2.19. The van der Waals surface area contributed by atoms with E-state index >= 15 is 0 Å². The zero-order valence-electron chi connectivity index (χ0n) is 10.9. The van der Waals surface area contributed by atoms with Crippen LogP contribution in [0.4, 0.5) is 0 Å². The molecule has 0 aliphatic rings. The smallest absolute Gasteiger partial charge is 0.162 e. The summed E-state index contributed by atoms with van der Waals surface area (Å²) in [7, 11) is 3.32. The van der Waals surface area contributed by atoms with Gasteiger partial charge in [0, 0.05) is 5.92 Å². The van der Waals surface area contributed by atoms with E-state index in [1.165, 1.54) is 5.56 Å². The quantitative estimate of drug-likeness (QED) is 0.743. The Morgan fingerprint density at radius 2 is 2.06 bits per heavy atom. The molecule has 17 heavy (non-hydrogen) atoms. The summed E-state index contributed by atoms with van der Waals surface area (Å²) in [6.45, 7) is 4.28. The predicted molar refractivity (Wildman–Crippen MR) is 74.8 cm³/mol. The molecule has 0 N–H and O–H groups in total. The molecule has 0 heterocycles. The third-order valence-corrected chi connectivity index (χ3v) is 3.68. The highest BCUT2D eigenvalue weighted by Crippen LogP contribution is 2.31. The van der Waals surface area contributed by atoms with Gasteiger partial charge in [0.05, 0.1) is 14.2 Å². The van der Waals surface area contributed by atoms with Crippen molar-refractivity contribution in [1.29, 1.82) is 0 Å². The van der Waals surface area contributed by atoms with Gasteiger partial charge in [-0.05, 0) is 42.3 Å². The van der Waals surface area contributed by atoms with E-state index in [4.69, 9.17) is 21.7 Å². The number of rotatable bonds is 5. The maximum atomic E-state index is 5.25. The molecule has 2 atom stereocenters. The third kappa shape index (κ3) is 3.43. The van der Waals surface area contributed by atoms with E-state index in [2.05, 4.69) is 26.0 Å². The number of hydrogen-bond donors (Lipinski definition) is 0. The Labute approximate surface area is 109 Å². The Kier molecular flexibility index (Phi) is 5.42. The average Bonchev–Trinajstić information content (AvgIpc) is 2.38. The molecule has 0 spiro atoms. The second-order valence-electron chi connectivity index (χ2n) is 4.10. The van der Waals surface area contributed by atoms with Crippen LogP contribution in [0.1, 0.15) is 31.7 Å². The molecular weight excluding hydrogens is 232 g/mol. The van der Waals surface area contributed by atoms with Crippen molar-refractivity contribution >= 4 is 17.3 Å². The first kappa shape index (κ1) is 14.0. The van der Waals surface area contributed by atoms with Crippen LogP contribution in [-0.2, 0) is 4.74 Å². The molecule has 0 saturated carbocycles. The van der Waals surface area contributed by atoms with E-state index in [0.717, 1.165) is 12.2 Å². The molecule has 0 bridgehead atoms.